The van der Waals surface area contributed by atoms with Crippen LogP contribution in [0.2, 0.25) is 0 Å². The first-order chi connectivity index (χ1) is 12.5. The number of nitrogens with one attached hydrogen (secondary N) is 2. The summed E-state index contributed by atoms with van der Waals surface area (Å²) in [6, 6.07) is 8.91. The van der Waals surface area contributed by atoms with Crippen molar-refractivity contribution in [2.45, 2.75) is 19.6 Å². The van der Waals surface area contributed by atoms with Crippen LogP contribution in [0.3, 0.4) is 0 Å². The molecule has 2 amide bonds. The van der Waals surface area contributed by atoms with E-state index in [4.69, 9.17) is 9.15 Å². The van der Waals surface area contributed by atoms with Gasteiger partial charge in [0, 0.05) is 24.9 Å². The highest BCUT2D eigenvalue weighted by Crippen LogP contribution is 2.19. The fourth-order valence-electron chi connectivity index (χ4n) is 1.96. The Hall–Kier alpha value is -2.94. The predicted octanol–water partition coefficient (Wildman–Crippen LogP) is 2.54. The highest BCUT2D eigenvalue weighted by atomic mass is 19.3. The quantitative estimate of drug-likeness (QED) is 0.524. The Morgan fingerprint density at radius 1 is 1.15 bits per heavy atom. The van der Waals surface area contributed by atoms with Gasteiger partial charge in [0.2, 0.25) is 0 Å². The van der Waals surface area contributed by atoms with Gasteiger partial charge in [-0.25, -0.2) is 0 Å². The van der Waals surface area contributed by atoms with Gasteiger partial charge < -0.3 is 24.5 Å². The van der Waals surface area contributed by atoms with E-state index < -0.39 is 18.4 Å². The number of hydrogen-bond acceptors (Lipinski definition) is 5. The number of furan rings is 1. The van der Waals surface area contributed by atoms with E-state index in [1.807, 2.05) is 0 Å². The fraction of sp³-hybridized carbons (Fsp3) is 0.294. The van der Waals surface area contributed by atoms with Gasteiger partial charge in [-0.2, -0.15) is 8.78 Å². The van der Waals surface area contributed by atoms with Gasteiger partial charge in [0.05, 0.1) is 6.26 Å². The van der Waals surface area contributed by atoms with Crippen molar-refractivity contribution in [1.29, 1.82) is 0 Å². The van der Waals surface area contributed by atoms with Crippen molar-refractivity contribution in [2.75, 3.05) is 18.5 Å². The molecule has 2 rings (SSSR count). The fourth-order valence-corrected chi connectivity index (χ4v) is 1.96. The molecule has 0 aliphatic rings. The first-order valence-electron chi connectivity index (χ1n) is 7.79. The first-order valence-corrected chi connectivity index (χ1v) is 7.79. The van der Waals surface area contributed by atoms with E-state index >= 15 is 0 Å². The van der Waals surface area contributed by atoms with Crippen LogP contribution in [0.1, 0.15) is 12.2 Å². The summed E-state index contributed by atoms with van der Waals surface area (Å²) in [5, 5.41) is 4.74. The molecule has 0 aliphatic carbocycles. The van der Waals surface area contributed by atoms with E-state index in [1.54, 1.807) is 18.4 Å². The van der Waals surface area contributed by atoms with Crippen LogP contribution in [-0.2, 0) is 20.9 Å². The van der Waals surface area contributed by atoms with Gasteiger partial charge in [-0.05, 0) is 30.7 Å². The topological polar surface area (TPSA) is 89.8 Å². The monoisotopic (exact) mass is 368 g/mol. The molecule has 2 N–H and O–H groups in total. The molecule has 0 unspecified atom stereocenters. The van der Waals surface area contributed by atoms with Crippen molar-refractivity contribution in [1.82, 2.24) is 5.32 Å². The van der Waals surface area contributed by atoms with Crippen LogP contribution in [0, 0.1) is 0 Å². The summed E-state index contributed by atoms with van der Waals surface area (Å²) in [6.07, 6.45) is 2.06. The lowest BCUT2D eigenvalue weighted by Gasteiger charge is -2.09. The average Bonchev–Trinajstić information content (AvgIpc) is 3.10. The summed E-state index contributed by atoms with van der Waals surface area (Å²) >= 11 is 0. The van der Waals surface area contributed by atoms with Gasteiger partial charge in [-0.1, -0.05) is 6.07 Å². The van der Waals surface area contributed by atoms with Crippen LogP contribution in [0.4, 0.5) is 14.5 Å². The highest BCUT2D eigenvalue weighted by molar-refractivity contribution is 6.39. The molecule has 0 atom stereocenters. The Morgan fingerprint density at radius 3 is 2.73 bits per heavy atom. The van der Waals surface area contributed by atoms with Crippen molar-refractivity contribution in [3.05, 3.63) is 48.4 Å². The zero-order valence-electron chi connectivity index (χ0n) is 13.7. The molecule has 0 saturated carbocycles. The lowest BCUT2D eigenvalue weighted by atomic mass is 10.3. The summed E-state index contributed by atoms with van der Waals surface area (Å²) in [5.41, 5.74) is 0.171. The molecule has 9 heteroatoms. The summed E-state index contributed by atoms with van der Waals surface area (Å²) in [6.45, 7) is -2.01. The summed E-state index contributed by atoms with van der Waals surface area (Å²) in [4.78, 5) is 23.5. The molecular weight excluding hydrogens is 350 g/mol. The molecule has 2 aromatic rings. The number of halogens is 2. The maximum atomic E-state index is 12.2. The average molecular weight is 368 g/mol. The molecule has 1 heterocycles. The van der Waals surface area contributed by atoms with Crippen LogP contribution in [0.5, 0.6) is 5.75 Å². The van der Waals surface area contributed by atoms with E-state index in [0.717, 1.165) is 0 Å². The largest absolute Gasteiger partial charge is 0.467 e. The molecule has 26 heavy (non-hydrogen) atoms. The molecule has 7 nitrogen and oxygen atoms in total. The Balaban J connectivity index is 1.65. The number of ether oxygens (including phenoxy) is 2. The van der Waals surface area contributed by atoms with Gasteiger partial charge in [0.25, 0.3) is 0 Å². The lowest BCUT2D eigenvalue weighted by Crippen LogP contribution is -2.36. The van der Waals surface area contributed by atoms with Crippen molar-refractivity contribution in [3.63, 3.8) is 0 Å². The third-order valence-corrected chi connectivity index (χ3v) is 3.10. The first kappa shape index (κ1) is 19.4. The van der Waals surface area contributed by atoms with Gasteiger partial charge >= 0.3 is 18.4 Å². The Labute approximate surface area is 148 Å². The van der Waals surface area contributed by atoms with Crippen molar-refractivity contribution in [3.8, 4) is 5.75 Å². The van der Waals surface area contributed by atoms with E-state index in [0.29, 0.717) is 25.4 Å². The van der Waals surface area contributed by atoms with Gasteiger partial charge in [0.15, 0.2) is 0 Å². The molecule has 1 aromatic heterocycles. The number of benzene rings is 1. The molecule has 0 bridgehead atoms. The van der Waals surface area contributed by atoms with E-state index in [-0.39, 0.29) is 18.0 Å². The molecule has 0 radical (unpaired) electrons. The number of carbonyl (C=O) groups excluding carboxylic acids is 2. The molecular formula is C17H18F2N2O5. The molecule has 1 aromatic carbocycles. The second-order valence-electron chi connectivity index (χ2n) is 5.10. The zero-order chi connectivity index (χ0) is 18.8. The normalized spacial score (nSPS) is 10.6. The van der Waals surface area contributed by atoms with Crippen molar-refractivity contribution >= 4 is 17.5 Å². The minimum absolute atomic E-state index is 0.119. The van der Waals surface area contributed by atoms with Crippen LogP contribution in [-0.4, -0.2) is 31.6 Å². The Bertz CT molecular complexity index is 707. The third kappa shape index (κ3) is 6.89. The number of amides is 2. The minimum Gasteiger partial charge on any atom is -0.467 e. The Morgan fingerprint density at radius 2 is 2.00 bits per heavy atom. The second-order valence-corrected chi connectivity index (χ2v) is 5.10. The van der Waals surface area contributed by atoms with Gasteiger partial charge in [-0.15, -0.1) is 0 Å². The van der Waals surface area contributed by atoms with Crippen LogP contribution >= 0.6 is 0 Å². The Kier molecular flexibility index (Phi) is 7.56. The van der Waals surface area contributed by atoms with E-state index in [2.05, 4.69) is 15.4 Å². The number of carbonyl (C=O) groups is 2. The maximum absolute atomic E-state index is 12.2. The zero-order valence-corrected chi connectivity index (χ0v) is 13.7. The smallest absolute Gasteiger partial charge is 0.387 e. The van der Waals surface area contributed by atoms with E-state index in [1.165, 1.54) is 24.3 Å². The van der Waals surface area contributed by atoms with Crippen LogP contribution < -0.4 is 15.4 Å². The number of hydrogen-bond donors (Lipinski definition) is 2. The van der Waals surface area contributed by atoms with Crippen molar-refractivity contribution < 1.29 is 32.3 Å². The van der Waals surface area contributed by atoms with Crippen LogP contribution in [0.25, 0.3) is 0 Å². The highest BCUT2D eigenvalue weighted by Gasteiger charge is 2.13. The summed E-state index contributed by atoms with van der Waals surface area (Å²) in [7, 11) is 0. The summed E-state index contributed by atoms with van der Waals surface area (Å²) < 4.78 is 39.0. The van der Waals surface area contributed by atoms with Crippen molar-refractivity contribution in [2.24, 2.45) is 0 Å². The summed E-state index contributed by atoms with van der Waals surface area (Å²) in [5.74, 6) is -1.16. The minimum atomic E-state index is -2.97. The SMILES string of the molecule is O=C(NCCCOCc1ccco1)C(=O)Nc1cccc(OC(F)F)c1. The lowest BCUT2D eigenvalue weighted by molar-refractivity contribution is -0.136. The van der Waals surface area contributed by atoms with E-state index in [9.17, 15) is 18.4 Å². The molecule has 0 saturated heterocycles. The molecule has 140 valence electrons. The molecule has 0 aliphatic heterocycles. The second kappa shape index (κ2) is 10.1. The van der Waals surface area contributed by atoms with Gasteiger partial charge in [0.1, 0.15) is 18.1 Å². The standard InChI is InChI=1S/C17H18F2N2O5/c18-17(19)26-13-5-1-4-12(10-13)21-16(23)15(22)20-7-3-8-24-11-14-6-2-9-25-14/h1-2,4-6,9-10,17H,3,7-8,11H2,(H,20,22)(H,21,23). The number of anilines is 1. The number of rotatable bonds is 9. The van der Waals surface area contributed by atoms with Gasteiger partial charge in [-0.3, -0.25) is 9.59 Å². The third-order valence-electron chi connectivity index (χ3n) is 3.10. The maximum Gasteiger partial charge on any atom is 0.387 e. The molecule has 0 spiro atoms. The van der Waals surface area contributed by atoms with Crippen LogP contribution in [0.15, 0.2) is 47.1 Å². The molecule has 0 fully saturated rings. The predicted molar refractivity (Wildman–Crippen MR) is 87.7 cm³/mol. The number of alkyl halides is 2.